The molecule has 1 amide bonds. The number of para-hydroxylation sites is 1. The van der Waals surface area contributed by atoms with E-state index in [4.69, 9.17) is 0 Å². The highest BCUT2D eigenvalue weighted by Gasteiger charge is 2.24. The van der Waals surface area contributed by atoms with Crippen LogP contribution >= 0.6 is 15.9 Å². The number of carbonyl (C=O) groups excluding carboxylic acids is 1. The highest BCUT2D eigenvalue weighted by atomic mass is 79.9. The summed E-state index contributed by atoms with van der Waals surface area (Å²) in [5, 5.41) is 3.00. The molecule has 2 rings (SSSR count). The second-order valence-corrected chi connectivity index (χ2v) is 9.64. The Balaban J connectivity index is 2.22. The van der Waals surface area contributed by atoms with Crippen LogP contribution in [0, 0.1) is 5.92 Å². The van der Waals surface area contributed by atoms with E-state index >= 15 is 0 Å². The lowest BCUT2D eigenvalue weighted by molar-refractivity contribution is -0.120. The van der Waals surface area contributed by atoms with Gasteiger partial charge in [0.2, 0.25) is 15.9 Å². The fourth-order valence-corrected chi connectivity index (χ4v) is 4.33. The molecule has 0 heterocycles. The molecule has 0 aliphatic carbocycles. The third-order valence-corrected chi connectivity index (χ3v) is 5.85. The van der Waals surface area contributed by atoms with E-state index in [1.807, 2.05) is 30.3 Å². The smallest absolute Gasteiger partial charge is 0.241 e. The summed E-state index contributed by atoms with van der Waals surface area (Å²) in [5.41, 5.74) is 1.45. The minimum Gasteiger partial charge on any atom is -0.348 e. The zero-order valence-electron chi connectivity index (χ0n) is 15.7. The second kappa shape index (κ2) is 9.37. The number of halogens is 1. The molecule has 7 heteroatoms. The molecule has 146 valence electrons. The van der Waals surface area contributed by atoms with Gasteiger partial charge in [0.15, 0.2) is 0 Å². The summed E-state index contributed by atoms with van der Waals surface area (Å²) in [6.07, 6.45) is 1.87. The number of benzene rings is 2. The standard InChI is InChI=1S/C20H25BrN2O3S/c1-15(2)13-18(16-9-5-4-6-10-16)22-20(24)14-23(27(3,25)26)19-12-8-7-11-17(19)21/h4-12,15,18H,13-14H2,1-3H3,(H,22,24)/t18-/m0/s1. The number of nitrogens with zero attached hydrogens (tertiary/aromatic N) is 1. The van der Waals surface area contributed by atoms with Crippen LogP contribution in [0.2, 0.25) is 0 Å². The van der Waals surface area contributed by atoms with Crippen LogP contribution in [0.4, 0.5) is 5.69 Å². The Bertz CT molecular complexity index is 870. The largest absolute Gasteiger partial charge is 0.348 e. The maximum atomic E-state index is 12.7. The third kappa shape index (κ3) is 6.36. The van der Waals surface area contributed by atoms with Crippen molar-refractivity contribution in [3.8, 4) is 0 Å². The summed E-state index contributed by atoms with van der Waals surface area (Å²) in [5.74, 6) is 0.0375. The molecule has 1 N–H and O–H groups in total. The molecule has 0 saturated heterocycles. The van der Waals surface area contributed by atoms with E-state index in [0.717, 1.165) is 22.5 Å². The minimum atomic E-state index is -3.62. The Morgan fingerprint density at radius 2 is 1.67 bits per heavy atom. The van der Waals surface area contributed by atoms with E-state index in [-0.39, 0.29) is 18.5 Å². The molecule has 0 saturated carbocycles. The van der Waals surface area contributed by atoms with Gasteiger partial charge in [-0.15, -0.1) is 0 Å². The average Bonchev–Trinajstić information content (AvgIpc) is 2.59. The Hall–Kier alpha value is -1.86. The van der Waals surface area contributed by atoms with Crippen molar-refractivity contribution in [1.82, 2.24) is 5.32 Å². The molecule has 0 unspecified atom stereocenters. The Morgan fingerprint density at radius 1 is 1.07 bits per heavy atom. The minimum absolute atomic E-state index is 0.167. The van der Waals surface area contributed by atoms with Gasteiger partial charge >= 0.3 is 0 Å². The average molecular weight is 453 g/mol. The molecule has 5 nitrogen and oxygen atoms in total. The summed E-state index contributed by atoms with van der Waals surface area (Å²) in [6.45, 7) is 3.90. The second-order valence-electron chi connectivity index (χ2n) is 6.88. The lowest BCUT2D eigenvalue weighted by Gasteiger charge is -2.26. The molecule has 2 aromatic rings. The SMILES string of the molecule is CC(C)C[C@H](NC(=O)CN(c1ccccc1Br)S(C)(=O)=O)c1ccccc1. The first-order chi connectivity index (χ1) is 12.7. The number of rotatable bonds is 8. The van der Waals surface area contributed by atoms with Gasteiger partial charge < -0.3 is 5.32 Å². The number of carbonyl (C=O) groups is 1. The van der Waals surface area contributed by atoms with Crippen LogP contribution in [0.3, 0.4) is 0 Å². The molecule has 0 fully saturated rings. The van der Waals surface area contributed by atoms with E-state index in [9.17, 15) is 13.2 Å². The van der Waals surface area contributed by atoms with Gasteiger partial charge in [0, 0.05) is 4.47 Å². The molecular weight excluding hydrogens is 428 g/mol. The lowest BCUT2D eigenvalue weighted by Crippen LogP contribution is -2.42. The predicted octanol–water partition coefficient (Wildman–Crippen LogP) is 4.12. The number of sulfonamides is 1. The van der Waals surface area contributed by atoms with Crippen molar-refractivity contribution < 1.29 is 13.2 Å². The van der Waals surface area contributed by atoms with Crippen LogP contribution < -0.4 is 9.62 Å². The van der Waals surface area contributed by atoms with Crippen molar-refractivity contribution in [2.45, 2.75) is 26.3 Å². The number of hydrogen-bond acceptors (Lipinski definition) is 3. The number of nitrogens with one attached hydrogen (secondary N) is 1. The van der Waals surface area contributed by atoms with E-state index in [1.54, 1.807) is 24.3 Å². The predicted molar refractivity (Wildman–Crippen MR) is 113 cm³/mol. The van der Waals surface area contributed by atoms with E-state index < -0.39 is 10.0 Å². The first kappa shape index (κ1) is 21.4. The van der Waals surface area contributed by atoms with Gasteiger partial charge in [0.05, 0.1) is 18.0 Å². The highest BCUT2D eigenvalue weighted by molar-refractivity contribution is 9.10. The van der Waals surface area contributed by atoms with Crippen molar-refractivity contribution in [3.05, 3.63) is 64.6 Å². The Labute approximate surface area is 170 Å². The summed E-state index contributed by atoms with van der Waals surface area (Å²) < 4.78 is 26.3. The third-order valence-electron chi connectivity index (χ3n) is 4.05. The van der Waals surface area contributed by atoms with Crippen molar-refractivity contribution in [2.75, 3.05) is 17.1 Å². The molecule has 0 spiro atoms. The maximum absolute atomic E-state index is 12.7. The highest BCUT2D eigenvalue weighted by Crippen LogP contribution is 2.28. The summed E-state index contributed by atoms with van der Waals surface area (Å²) in [6, 6.07) is 16.5. The quantitative estimate of drug-likeness (QED) is 0.654. The van der Waals surface area contributed by atoms with Gasteiger partial charge in [-0.05, 0) is 46.0 Å². The van der Waals surface area contributed by atoms with Crippen LogP contribution in [-0.4, -0.2) is 27.1 Å². The maximum Gasteiger partial charge on any atom is 0.241 e. The molecule has 0 aliphatic heterocycles. The van der Waals surface area contributed by atoms with Gasteiger partial charge in [-0.3, -0.25) is 9.10 Å². The van der Waals surface area contributed by atoms with Crippen LogP contribution in [0.1, 0.15) is 31.9 Å². The van der Waals surface area contributed by atoms with Crippen LogP contribution in [0.5, 0.6) is 0 Å². The molecule has 0 bridgehead atoms. The van der Waals surface area contributed by atoms with E-state index in [1.165, 1.54) is 0 Å². The monoisotopic (exact) mass is 452 g/mol. The van der Waals surface area contributed by atoms with Gasteiger partial charge in [-0.1, -0.05) is 56.3 Å². The first-order valence-electron chi connectivity index (χ1n) is 8.75. The Kier molecular flexibility index (Phi) is 7.44. The molecule has 27 heavy (non-hydrogen) atoms. The lowest BCUT2D eigenvalue weighted by atomic mass is 9.97. The van der Waals surface area contributed by atoms with Crippen molar-refractivity contribution >= 4 is 37.5 Å². The van der Waals surface area contributed by atoms with Crippen LogP contribution in [0.15, 0.2) is 59.1 Å². The topological polar surface area (TPSA) is 66.5 Å². The first-order valence-corrected chi connectivity index (χ1v) is 11.4. The fourth-order valence-electron chi connectivity index (χ4n) is 2.84. The molecule has 0 aromatic heterocycles. The van der Waals surface area contributed by atoms with E-state index in [2.05, 4.69) is 35.1 Å². The van der Waals surface area contributed by atoms with Gasteiger partial charge in [0.25, 0.3) is 0 Å². The van der Waals surface area contributed by atoms with E-state index in [0.29, 0.717) is 16.1 Å². The number of amides is 1. The van der Waals surface area contributed by atoms with Crippen LogP contribution in [-0.2, 0) is 14.8 Å². The van der Waals surface area contributed by atoms with Crippen LogP contribution in [0.25, 0.3) is 0 Å². The zero-order chi connectivity index (χ0) is 20.0. The summed E-state index contributed by atoms with van der Waals surface area (Å²) in [4.78, 5) is 12.7. The number of hydrogen-bond donors (Lipinski definition) is 1. The fraction of sp³-hybridized carbons (Fsp3) is 0.350. The van der Waals surface area contributed by atoms with Gasteiger partial charge in [0.1, 0.15) is 6.54 Å². The zero-order valence-corrected chi connectivity index (χ0v) is 18.1. The molecule has 0 aliphatic rings. The van der Waals surface area contributed by atoms with Crippen molar-refractivity contribution in [1.29, 1.82) is 0 Å². The van der Waals surface area contributed by atoms with Crippen molar-refractivity contribution in [2.24, 2.45) is 5.92 Å². The number of anilines is 1. The molecule has 2 aromatic carbocycles. The van der Waals surface area contributed by atoms with Gasteiger partial charge in [-0.25, -0.2) is 8.42 Å². The molecule has 0 radical (unpaired) electrons. The van der Waals surface area contributed by atoms with Crippen molar-refractivity contribution in [3.63, 3.8) is 0 Å². The normalized spacial score (nSPS) is 12.6. The van der Waals surface area contributed by atoms with Gasteiger partial charge in [-0.2, -0.15) is 0 Å². The molecule has 1 atom stereocenters. The molecular formula is C20H25BrN2O3S. The Morgan fingerprint density at radius 3 is 2.22 bits per heavy atom. The summed E-state index contributed by atoms with van der Waals surface area (Å²) >= 11 is 3.36. The summed E-state index contributed by atoms with van der Waals surface area (Å²) in [7, 11) is -3.62.